The average molecular weight is 344 g/mol. The smallest absolute Gasteiger partial charge is 0.319 e. The molecule has 2 aromatic heterocycles. The third-order valence-corrected chi connectivity index (χ3v) is 4.22. The number of aromatic amines is 1. The molecule has 0 bridgehead atoms. The Hall–Kier alpha value is -3.67. The molecule has 4 rings (SSSR count). The molecular formula is C20H16N4O2. The van der Waals surface area contributed by atoms with Crippen molar-refractivity contribution in [2.75, 3.05) is 5.32 Å². The van der Waals surface area contributed by atoms with Crippen molar-refractivity contribution in [2.45, 2.75) is 6.54 Å². The fourth-order valence-electron chi connectivity index (χ4n) is 2.98. The number of rotatable bonds is 3. The van der Waals surface area contributed by atoms with Crippen molar-refractivity contribution < 1.29 is 4.79 Å². The van der Waals surface area contributed by atoms with Crippen molar-refractivity contribution >= 4 is 33.4 Å². The molecule has 0 aliphatic carbocycles. The van der Waals surface area contributed by atoms with E-state index in [0.717, 1.165) is 16.5 Å². The van der Waals surface area contributed by atoms with Gasteiger partial charge >= 0.3 is 6.03 Å². The fourth-order valence-corrected chi connectivity index (χ4v) is 2.98. The Bertz CT molecular complexity index is 1160. The van der Waals surface area contributed by atoms with Gasteiger partial charge < -0.3 is 15.6 Å². The molecule has 2 aromatic carbocycles. The third kappa shape index (κ3) is 3.00. The topological polar surface area (TPSA) is 86.9 Å². The van der Waals surface area contributed by atoms with Crippen LogP contribution in [0.1, 0.15) is 5.56 Å². The Kier molecular flexibility index (Phi) is 4.07. The van der Waals surface area contributed by atoms with Gasteiger partial charge in [-0.15, -0.1) is 0 Å². The number of benzene rings is 2. The van der Waals surface area contributed by atoms with E-state index in [1.54, 1.807) is 36.7 Å². The molecule has 0 radical (unpaired) electrons. The summed E-state index contributed by atoms with van der Waals surface area (Å²) in [6.45, 7) is 0.353. The summed E-state index contributed by atoms with van der Waals surface area (Å²) in [6.07, 6.45) is 3.30. The molecule has 4 aromatic rings. The Labute approximate surface area is 148 Å². The SMILES string of the molecule is O=C(NCc1cccc2cccnc12)Nc1cccc2c(=O)[nH]ccc12. The monoisotopic (exact) mass is 344 g/mol. The highest BCUT2D eigenvalue weighted by Gasteiger charge is 2.08. The van der Waals surface area contributed by atoms with E-state index in [4.69, 9.17) is 0 Å². The van der Waals surface area contributed by atoms with Crippen LogP contribution in [-0.2, 0) is 6.54 Å². The summed E-state index contributed by atoms with van der Waals surface area (Å²) in [5, 5.41) is 7.90. The summed E-state index contributed by atoms with van der Waals surface area (Å²) in [5.41, 5.74) is 2.20. The van der Waals surface area contributed by atoms with Gasteiger partial charge in [0.1, 0.15) is 0 Å². The molecule has 6 nitrogen and oxygen atoms in total. The molecule has 0 aliphatic rings. The van der Waals surface area contributed by atoms with E-state index in [1.807, 2.05) is 30.3 Å². The number of carbonyl (C=O) groups is 1. The van der Waals surface area contributed by atoms with Gasteiger partial charge in [0.15, 0.2) is 0 Å². The van der Waals surface area contributed by atoms with E-state index in [-0.39, 0.29) is 11.6 Å². The van der Waals surface area contributed by atoms with Crippen LogP contribution in [0.2, 0.25) is 0 Å². The van der Waals surface area contributed by atoms with Crippen LogP contribution in [0.4, 0.5) is 10.5 Å². The maximum atomic E-state index is 12.3. The maximum absolute atomic E-state index is 12.3. The van der Waals surface area contributed by atoms with Gasteiger partial charge in [0, 0.05) is 35.1 Å². The van der Waals surface area contributed by atoms with Gasteiger partial charge in [0.05, 0.1) is 11.2 Å². The molecule has 2 heterocycles. The lowest BCUT2D eigenvalue weighted by Gasteiger charge is -2.11. The lowest BCUT2D eigenvalue weighted by Crippen LogP contribution is -2.28. The summed E-state index contributed by atoms with van der Waals surface area (Å²) in [5.74, 6) is 0. The van der Waals surface area contributed by atoms with Crippen molar-refractivity contribution in [1.29, 1.82) is 0 Å². The van der Waals surface area contributed by atoms with Crippen molar-refractivity contribution in [2.24, 2.45) is 0 Å². The standard InChI is InChI=1S/C20H16N4O2/c25-19-16-7-2-8-17(15(16)9-11-22-19)24-20(26)23-12-14-5-1-4-13-6-3-10-21-18(13)14/h1-11H,12H2,(H,22,25)(H2,23,24,26). The first-order chi connectivity index (χ1) is 12.7. The predicted molar refractivity (Wildman–Crippen MR) is 102 cm³/mol. The van der Waals surface area contributed by atoms with Crippen LogP contribution in [0, 0.1) is 0 Å². The maximum Gasteiger partial charge on any atom is 0.319 e. The zero-order valence-corrected chi connectivity index (χ0v) is 13.8. The van der Waals surface area contributed by atoms with Gasteiger partial charge in [-0.2, -0.15) is 0 Å². The largest absolute Gasteiger partial charge is 0.334 e. The number of anilines is 1. The molecule has 6 heteroatoms. The zero-order chi connectivity index (χ0) is 17.9. The number of pyridine rings is 2. The number of amides is 2. The summed E-state index contributed by atoms with van der Waals surface area (Å²) >= 11 is 0. The van der Waals surface area contributed by atoms with Gasteiger partial charge in [-0.3, -0.25) is 9.78 Å². The number of aromatic nitrogens is 2. The minimum absolute atomic E-state index is 0.187. The number of urea groups is 1. The van der Waals surface area contributed by atoms with Crippen LogP contribution in [0.3, 0.4) is 0 Å². The van der Waals surface area contributed by atoms with E-state index >= 15 is 0 Å². The van der Waals surface area contributed by atoms with Crippen LogP contribution in [0.15, 0.2) is 71.8 Å². The lowest BCUT2D eigenvalue weighted by atomic mass is 10.1. The first-order valence-corrected chi connectivity index (χ1v) is 8.20. The number of nitrogens with one attached hydrogen (secondary N) is 3. The van der Waals surface area contributed by atoms with E-state index in [0.29, 0.717) is 23.0 Å². The van der Waals surface area contributed by atoms with Crippen molar-refractivity contribution in [1.82, 2.24) is 15.3 Å². The van der Waals surface area contributed by atoms with E-state index < -0.39 is 0 Å². The molecule has 0 spiro atoms. The molecule has 26 heavy (non-hydrogen) atoms. The first kappa shape index (κ1) is 15.8. The van der Waals surface area contributed by atoms with Gasteiger partial charge in [-0.25, -0.2) is 4.79 Å². The number of hydrogen-bond donors (Lipinski definition) is 3. The molecule has 0 aliphatic heterocycles. The highest BCUT2D eigenvalue weighted by molar-refractivity contribution is 6.01. The quantitative estimate of drug-likeness (QED) is 0.532. The van der Waals surface area contributed by atoms with Crippen LogP contribution >= 0.6 is 0 Å². The zero-order valence-electron chi connectivity index (χ0n) is 13.8. The third-order valence-electron chi connectivity index (χ3n) is 4.22. The lowest BCUT2D eigenvalue weighted by molar-refractivity contribution is 0.252. The number of fused-ring (bicyclic) bond motifs is 2. The van der Waals surface area contributed by atoms with Gasteiger partial charge in [-0.05, 0) is 29.8 Å². The molecule has 0 saturated heterocycles. The molecular weight excluding hydrogens is 328 g/mol. The predicted octanol–water partition coefficient (Wildman–Crippen LogP) is 3.40. The van der Waals surface area contributed by atoms with Crippen LogP contribution in [-0.4, -0.2) is 16.0 Å². The van der Waals surface area contributed by atoms with Crippen molar-refractivity contribution in [3.8, 4) is 0 Å². The van der Waals surface area contributed by atoms with E-state index in [1.165, 1.54) is 0 Å². The summed E-state index contributed by atoms with van der Waals surface area (Å²) in [6, 6.07) is 16.4. The second-order valence-electron chi connectivity index (χ2n) is 5.87. The first-order valence-electron chi connectivity index (χ1n) is 8.20. The molecule has 0 saturated carbocycles. The summed E-state index contributed by atoms with van der Waals surface area (Å²) in [7, 11) is 0. The van der Waals surface area contributed by atoms with E-state index in [2.05, 4.69) is 20.6 Å². The van der Waals surface area contributed by atoms with Crippen LogP contribution in [0.25, 0.3) is 21.7 Å². The van der Waals surface area contributed by atoms with Gasteiger partial charge in [-0.1, -0.05) is 30.3 Å². The van der Waals surface area contributed by atoms with Crippen LogP contribution in [0.5, 0.6) is 0 Å². The summed E-state index contributed by atoms with van der Waals surface area (Å²) in [4.78, 5) is 31.2. The highest BCUT2D eigenvalue weighted by atomic mass is 16.2. The van der Waals surface area contributed by atoms with Crippen molar-refractivity contribution in [3.63, 3.8) is 0 Å². The molecule has 0 fully saturated rings. The molecule has 0 atom stereocenters. The van der Waals surface area contributed by atoms with Crippen LogP contribution < -0.4 is 16.2 Å². The second kappa shape index (κ2) is 6.68. The Balaban J connectivity index is 1.53. The number of carbonyl (C=O) groups excluding carboxylic acids is 1. The molecule has 0 unspecified atom stereocenters. The van der Waals surface area contributed by atoms with E-state index in [9.17, 15) is 9.59 Å². The van der Waals surface area contributed by atoms with Crippen molar-refractivity contribution in [3.05, 3.63) is 82.9 Å². The Morgan fingerprint density at radius 3 is 2.77 bits per heavy atom. The normalized spacial score (nSPS) is 10.8. The Morgan fingerprint density at radius 2 is 1.85 bits per heavy atom. The molecule has 128 valence electrons. The molecule has 3 N–H and O–H groups in total. The van der Waals surface area contributed by atoms with Gasteiger partial charge in [0.25, 0.3) is 5.56 Å². The summed E-state index contributed by atoms with van der Waals surface area (Å²) < 4.78 is 0. The van der Waals surface area contributed by atoms with Gasteiger partial charge in [0.2, 0.25) is 0 Å². The minimum Gasteiger partial charge on any atom is -0.334 e. The minimum atomic E-state index is -0.342. The number of H-pyrrole nitrogens is 1. The number of hydrogen-bond acceptors (Lipinski definition) is 3. The Morgan fingerprint density at radius 1 is 1.00 bits per heavy atom. The second-order valence-corrected chi connectivity index (χ2v) is 5.87. The highest BCUT2D eigenvalue weighted by Crippen LogP contribution is 2.20. The molecule has 2 amide bonds. The number of para-hydroxylation sites is 1. The fraction of sp³-hybridized carbons (Fsp3) is 0.0500. The number of nitrogens with zero attached hydrogens (tertiary/aromatic N) is 1. The average Bonchev–Trinajstić information content (AvgIpc) is 2.67.